The highest BCUT2D eigenvalue weighted by atomic mass is 32.2. The van der Waals surface area contributed by atoms with Crippen molar-refractivity contribution in [3.63, 3.8) is 0 Å². The Hall–Kier alpha value is -3.62. The van der Waals surface area contributed by atoms with Gasteiger partial charge in [0.05, 0.1) is 21.2 Å². The first-order valence-corrected chi connectivity index (χ1v) is 29.4. The summed E-state index contributed by atoms with van der Waals surface area (Å²) in [7, 11) is -7.57. The molecule has 0 aliphatic heterocycles. The van der Waals surface area contributed by atoms with E-state index in [9.17, 15) is 16.8 Å². The van der Waals surface area contributed by atoms with E-state index in [2.05, 4.69) is 26.0 Å². The fourth-order valence-corrected chi connectivity index (χ4v) is 12.5. The zero-order valence-electron chi connectivity index (χ0n) is 41.8. The van der Waals surface area contributed by atoms with Crippen molar-refractivity contribution in [2.45, 2.75) is 217 Å². The quantitative estimate of drug-likeness (QED) is 0.0422. The van der Waals surface area contributed by atoms with Gasteiger partial charge < -0.3 is 0 Å². The van der Waals surface area contributed by atoms with Crippen molar-refractivity contribution in [3.8, 4) is 11.1 Å². The van der Waals surface area contributed by atoms with Crippen LogP contribution in [-0.2, 0) is 20.0 Å². The lowest BCUT2D eigenvalue weighted by molar-refractivity contribution is 0.535. The van der Waals surface area contributed by atoms with Crippen molar-refractivity contribution in [1.82, 2.24) is 0 Å². The first kappa shape index (κ1) is 55.0. The Labute approximate surface area is 404 Å². The van der Waals surface area contributed by atoms with Gasteiger partial charge in [0.25, 0.3) is 20.0 Å². The number of hydrogen-bond donors (Lipinski definition) is 0. The molecule has 0 N–H and O–H groups in total. The Kier molecular flexibility index (Phi) is 26.2. The molecule has 0 saturated carbocycles. The Balaban J connectivity index is 1.38. The summed E-state index contributed by atoms with van der Waals surface area (Å²) in [6.45, 7) is 9.37. The second-order valence-electron chi connectivity index (χ2n) is 19.0. The minimum Gasteiger partial charge on any atom is -0.266 e. The zero-order chi connectivity index (χ0) is 47.3. The molecule has 8 heteroatoms. The van der Waals surface area contributed by atoms with E-state index in [4.69, 9.17) is 0 Å². The first-order chi connectivity index (χ1) is 32.1. The number of anilines is 2. The fourth-order valence-electron chi connectivity index (χ4n) is 9.31. The average Bonchev–Trinajstić information content (AvgIpc) is 3.32. The Morgan fingerprint density at radius 1 is 0.333 bits per heavy atom. The van der Waals surface area contributed by atoms with E-state index in [1.807, 2.05) is 50.2 Å². The zero-order valence-corrected chi connectivity index (χ0v) is 43.4. The van der Waals surface area contributed by atoms with E-state index >= 15 is 0 Å². The molecule has 0 aromatic heterocycles. The lowest BCUT2D eigenvalue weighted by atomic mass is 9.99. The monoisotopic (exact) mass is 941 g/mol. The summed E-state index contributed by atoms with van der Waals surface area (Å²) in [5.41, 5.74) is 5.07. The van der Waals surface area contributed by atoms with Crippen LogP contribution in [-0.4, -0.2) is 29.9 Å². The van der Waals surface area contributed by atoms with Crippen molar-refractivity contribution < 1.29 is 16.8 Å². The first-order valence-electron chi connectivity index (χ1n) is 26.5. The molecule has 0 saturated heterocycles. The molecule has 0 aliphatic carbocycles. The van der Waals surface area contributed by atoms with Gasteiger partial charge in [-0.25, -0.2) is 16.8 Å². The largest absolute Gasteiger partial charge is 0.266 e. The summed E-state index contributed by atoms with van der Waals surface area (Å²) in [6, 6.07) is 29.6. The molecule has 4 rings (SSSR count). The van der Waals surface area contributed by atoms with Crippen molar-refractivity contribution in [2.24, 2.45) is 0 Å². The normalized spacial score (nSPS) is 11.9. The minimum absolute atomic E-state index is 0.300. The Morgan fingerprint density at radius 3 is 0.848 bits per heavy atom. The molecule has 0 fully saturated rings. The third kappa shape index (κ3) is 18.8. The highest BCUT2D eigenvalue weighted by Gasteiger charge is 2.28. The molecular weight excluding hydrogens is 853 g/mol. The van der Waals surface area contributed by atoms with Crippen molar-refractivity contribution in [3.05, 3.63) is 108 Å². The lowest BCUT2D eigenvalue weighted by Crippen LogP contribution is -2.32. The summed E-state index contributed by atoms with van der Waals surface area (Å²) >= 11 is 0. The van der Waals surface area contributed by atoms with E-state index in [1.165, 1.54) is 141 Å². The van der Waals surface area contributed by atoms with Gasteiger partial charge in [-0.2, -0.15) is 0 Å². The Bertz CT molecular complexity index is 1970. The molecule has 66 heavy (non-hydrogen) atoms. The maximum absolute atomic E-state index is 14.2. The van der Waals surface area contributed by atoms with Crippen molar-refractivity contribution >= 4 is 31.4 Å². The number of benzene rings is 4. The molecule has 0 aliphatic rings. The average molecular weight is 941 g/mol. The van der Waals surface area contributed by atoms with Crippen LogP contribution in [0.5, 0.6) is 0 Å². The number of rotatable bonds is 37. The maximum atomic E-state index is 14.2. The number of hydrogen-bond acceptors (Lipinski definition) is 4. The van der Waals surface area contributed by atoms with Crippen LogP contribution < -0.4 is 8.61 Å². The molecule has 0 amide bonds. The van der Waals surface area contributed by atoms with E-state index in [1.54, 1.807) is 57.1 Å². The topological polar surface area (TPSA) is 74.8 Å². The molecule has 0 atom stereocenters. The second-order valence-corrected chi connectivity index (χ2v) is 22.7. The van der Waals surface area contributed by atoms with Gasteiger partial charge in [-0.1, -0.05) is 229 Å². The highest BCUT2D eigenvalue weighted by Crippen LogP contribution is 2.35. The lowest BCUT2D eigenvalue weighted by Gasteiger charge is -2.27. The van der Waals surface area contributed by atoms with Gasteiger partial charge in [-0.3, -0.25) is 8.61 Å². The van der Waals surface area contributed by atoms with Crippen molar-refractivity contribution in [1.29, 1.82) is 0 Å². The van der Waals surface area contributed by atoms with Crippen molar-refractivity contribution in [2.75, 3.05) is 21.7 Å². The van der Waals surface area contributed by atoms with Crippen LogP contribution >= 0.6 is 0 Å². The molecular formula is C58H88N2O4S2. The number of aryl methyl sites for hydroxylation is 2. The number of nitrogens with zero attached hydrogens (tertiary/aromatic N) is 2. The summed E-state index contributed by atoms with van der Waals surface area (Å²) in [5, 5.41) is 0. The predicted molar refractivity (Wildman–Crippen MR) is 284 cm³/mol. The third-order valence-electron chi connectivity index (χ3n) is 13.4. The molecule has 0 heterocycles. The standard InChI is InChI=1S/C58H88N2O4S2/c1-5-7-9-11-13-15-17-19-21-23-25-27-29-37-47-59(65(61,62)55-39-33-31-34-40-55)57-45-43-53(49-51(57)3)54-44-46-58(52(4)50-54)60(66(63,64)56-41-35-32-36-42-56)48-38-30-28-26-24-22-20-18-16-14-12-10-8-6-2/h31-36,39-46,49-50H,5-30,37-38,47-48H2,1-4H3. The van der Waals surface area contributed by atoms with Gasteiger partial charge >= 0.3 is 0 Å². The van der Waals surface area contributed by atoms with Crippen LogP contribution in [0.25, 0.3) is 11.1 Å². The van der Waals surface area contributed by atoms with E-state index < -0.39 is 20.0 Å². The summed E-state index contributed by atoms with van der Waals surface area (Å²) in [5.74, 6) is 0. The van der Waals surface area contributed by atoms with Crippen LogP contribution in [0.3, 0.4) is 0 Å². The predicted octanol–water partition coefficient (Wildman–Crippen LogP) is 17.3. The minimum atomic E-state index is -3.78. The molecule has 0 unspecified atom stereocenters. The van der Waals surface area contributed by atoms with Gasteiger partial charge in [0.1, 0.15) is 0 Å². The Morgan fingerprint density at radius 2 is 0.591 bits per heavy atom. The van der Waals surface area contributed by atoms with Crippen LogP contribution in [0.2, 0.25) is 0 Å². The summed E-state index contributed by atoms with van der Waals surface area (Å²) in [4.78, 5) is 0.600. The molecule has 0 bridgehead atoms. The van der Waals surface area contributed by atoms with Gasteiger partial charge in [0.15, 0.2) is 0 Å². The SMILES string of the molecule is CCCCCCCCCCCCCCCCN(c1ccc(-c2ccc(N(CCCCCCCCCCCCCCCC)S(=O)(=O)c3ccccc3)c(C)c2)cc1C)S(=O)(=O)c1ccccc1. The fraction of sp³-hybridized carbons (Fsp3) is 0.586. The van der Waals surface area contributed by atoms with E-state index in [-0.39, 0.29) is 0 Å². The smallest absolute Gasteiger partial charge is 0.264 e. The highest BCUT2D eigenvalue weighted by molar-refractivity contribution is 7.93. The molecule has 4 aromatic carbocycles. The summed E-state index contributed by atoms with van der Waals surface area (Å²) < 4.78 is 60.1. The van der Waals surface area contributed by atoms with Gasteiger partial charge in [-0.15, -0.1) is 0 Å². The summed E-state index contributed by atoms with van der Waals surface area (Å²) in [6.07, 6.45) is 35.0. The number of sulfonamides is 2. The van der Waals surface area contributed by atoms with E-state index in [0.29, 0.717) is 34.3 Å². The molecule has 366 valence electrons. The molecule has 6 nitrogen and oxygen atoms in total. The second kappa shape index (κ2) is 31.4. The molecule has 4 aromatic rings. The van der Waals surface area contributed by atoms with Crippen LogP contribution in [0.1, 0.15) is 205 Å². The molecule has 0 spiro atoms. The van der Waals surface area contributed by atoms with Crippen LogP contribution in [0, 0.1) is 13.8 Å². The van der Waals surface area contributed by atoms with Gasteiger partial charge in [0, 0.05) is 13.1 Å². The van der Waals surface area contributed by atoms with Crippen LogP contribution in [0.15, 0.2) is 107 Å². The van der Waals surface area contributed by atoms with E-state index in [0.717, 1.165) is 60.8 Å². The molecule has 0 radical (unpaired) electrons. The number of unbranched alkanes of at least 4 members (excludes halogenated alkanes) is 26. The van der Waals surface area contributed by atoms with Gasteiger partial charge in [0.2, 0.25) is 0 Å². The van der Waals surface area contributed by atoms with Gasteiger partial charge in [-0.05, 0) is 97.5 Å². The van der Waals surface area contributed by atoms with Crippen LogP contribution in [0.4, 0.5) is 11.4 Å². The third-order valence-corrected chi connectivity index (χ3v) is 17.0. The maximum Gasteiger partial charge on any atom is 0.264 e.